The molecule has 0 fully saturated rings. The molecule has 0 atom stereocenters. The summed E-state index contributed by atoms with van der Waals surface area (Å²) >= 11 is 0. The highest BCUT2D eigenvalue weighted by Crippen LogP contribution is 2.14. The second-order valence-corrected chi connectivity index (χ2v) is 8.50. The van der Waals surface area contributed by atoms with E-state index < -0.39 is 0 Å². The summed E-state index contributed by atoms with van der Waals surface area (Å²) in [5.74, 6) is -0.0356. The summed E-state index contributed by atoms with van der Waals surface area (Å²) in [6.07, 6.45) is 17.1. The molecule has 30 heavy (non-hydrogen) atoms. The number of benzene rings is 1. The number of Topliss-reactive ketones (excluding diaryl/α,β-unsaturated/α-hetero) is 1. The minimum atomic E-state index is -0.238. The van der Waals surface area contributed by atoms with Gasteiger partial charge in [-0.2, -0.15) is 0 Å². The first kappa shape index (κ1) is 24.2. The molecule has 1 N–H and O–H groups in total. The Kier molecular flexibility index (Phi) is 11.3. The number of aromatic nitrogens is 2. The number of aryl methyl sites for hydroxylation is 1. The fourth-order valence-corrected chi connectivity index (χ4v) is 4.06. The number of unbranched alkanes of at least 4 members (excludes halogenated alkanes) is 12. The second-order valence-electron chi connectivity index (χ2n) is 8.50. The molecule has 0 saturated carbocycles. The predicted octanol–water partition coefficient (Wildman–Crippen LogP) is 7.14. The molecule has 1 aromatic carbocycles. The summed E-state index contributed by atoms with van der Waals surface area (Å²) in [7, 11) is 0. The molecule has 2 aromatic rings. The van der Waals surface area contributed by atoms with Gasteiger partial charge in [-0.05, 0) is 25.5 Å². The van der Waals surface area contributed by atoms with Crippen molar-refractivity contribution in [3.8, 4) is 5.69 Å². The number of para-hydroxylation sites is 1. The van der Waals surface area contributed by atoms with E-state index >= 15 is 0 Å². The Morgan fingerprint density at radius 1 is 0.800 bits per heavy atom. The fraction of sp³-hybridized carbons (Fsp3) is 0.615. The van der Waals surface area contributed by atoms with Gasteiger partial charge < -0.3 is 0 Å². The molecule has 0 radical (unpaired) electrons. The first-order valence-corrected chi connectivity index (χ1v) is 12.1. The number of aromatic amines is 1. The fourth-order valence-electron chi connectivity index (χ4n) is 4.06. The SMILES string of the molecule is CCCCCCCCCCCCCCCC(=O)c1c(C)[nH]n(-c2ccccc2)c1=O. The van der Waals surface area contributed by atoms with Crippen molar-refractivity contribution in [3.05, 3.63) is 51.9 Å². The normalized spacial score (nSPS) is 11.1. The Bertz CT molecular complexity index is 789. The molecule has 0 saturated heterocycles. The first-order valence-electron chi connectivity index (χ1n) is 12.1. The molecule has 4 nitrogen and oxygen atoms in total. The van der Waals surface area contributed by atoms with E-state index in [4.69, 9.17) is 0 Å². The smallest absolute Gasteiger partial charge is 0.282 e. The minimum absolute atomic E-state index is 0.0356. The van der Waals surface area contributed by atoms with Crippen molar-refractivity contribution in [3.63, 3.8) is 0 Å². The molecule has 1 heterocycles. The molecule has 0 aliphatic rings. The van der Waals surface area contributed by atoms with Gasteiger partial charge in [0.05, 0.1) is 5.69 Å². The quantitative estimate of drug-likeness (QED) is 0.235. The first-order chi connectivity index (χ1) is 14.6. The number of hydrogen-bond donors (Lipinski definition) is 1. The van der Waals surface area contributed by atoms with Crippen LogP contribution in [-0.2, 0) is 0 Å². The van der Waals surface area contributed by atoms with Gasteiger partial charge in [-0.3, -0.25) is 14.7 Å². The van der Waals surface area contributed by atoms with Crippen LogP contribution in [0.4, 0.5) is 0 Å². The average molecular weight is 413 g/mol. The zero-order valence-corrected chi connectivity index (χ0v) is 19.0. The lowest BCUT2D eigenvalue weighted by Crippen LogP contribution is -2.20. The summed E-state index contributed by atoms with van der Waals surface area (Å²) in [4.78, 5) is 25.3. The van der Waals surface area contributed by atoms with Gasteiger partial charge in [0.25, 0.3) is 5.56 Å². The number of nitrogens with zero attached hydrogens (tertiary/aromatic N) is 1. The highest BCUT2D eigenvalue weighted by molar-refractivity contribution is 5.96. The third-order valence-corrected chi connectivity index (χ3v) is 5.87. The van der Waals surface area contributed by atoms with Crippen LogP contribution in [0.3, 0.4) is 0 Å². The second kappa shape index (κ2) is 14.0. The van der Waals surface area contributed by atoms with Crippen molar-refractivity contribution in [2.75, 3.05) is 0 Å². The Hall–Kier alpha value is -2.10. The van der Waals surface area contributed by atoms with Gasteiger partial charge in [0, 0.05) is 12.1 Å². The molecule has 1 aromatic heterocycles. The standard InChI is InChI=1S/C26H40N2O2/c1-3-4-5-6-7-8-9-10-11-12-13-14-18-21-24(29)25-22(2)27-28(26(25)30)23-19-16-15-17-20-23/h15-17,19-20,27H,3-14,18,21H2,1-2H3. The zero-order chi connectivity index (χ0) is 21.6. The Balaban J connectivity index is 1.60. The molecule has 0 bridgehead atoms. The molecular weight excluding hydrogens is 372 g/mol. The van der Waals surface area contributed by atoms with E-state index in [1.165, 1.54) is 75.3 Å². The van der Waals surface area contributed by atoms with Gasteiger partial charge in [-0.25, -0.2) is 4.68 Å². The lowest BCUT2D eigenvalue weighted by Gasteiger charge is -2.03. The van der Waals surface area contributed by atoms with Crippen LogP contribution in [0.5, 0.6) is 0 Å². The molecule has 166 valence electrons. The van der Waals surface area contributed by atoms with Crippen molar-refractivity contribution in [1.82, 2.24) is 9.78 Å². The number of carbonyl (C=O) groups excluding carboxylic acids is 1. The summed E-state index contributed by atoms with van der Waals surface area (Å²) in [6.45, 7) is 4.07. The lowest BCUT2D eigenvalue weighted by atomic mass is 10.0. The highest BCUT2D eigenvalue weighted by Gasteiger charge is 2.18. The van der Waals surface area contributed by atoms with E-state index in [-0.39, 0.29) is 11.3 Å². The minimum Gasteiger partial charge on any atom is -0.295 e. The van der Waals surface area contributed by atoms with Crippen molar-refractivity contribution >= 4 is 5.78 Å². The van der Waals surface area contributed by atoms with Crippen LogP contribution in [0, 0.1) is 6.92 Å². The van der Waals surface area contributed by atoms with Crippen molar-refractivity contribution in [2.45, 2.75) is 104 Å². The number of hydrogen-bond acceptors (Lipinski definition) is 2. The molecule has 0 amide bonds. The molecule has 0 unspecified atom stereocenters. The third kappa shape index (κ3) is 7.97. The molecule has 0 spiro atoms. The average Bonchev–Trinajstić information content (AvgIpc) is 3.06. The van der Waals surface area contributed by atoms with Crippen LogP contribution in [0.2, 0.25) is 0 Å². The predicted molar refractivity (Wildman–Crippen MR) is 126 cm³/mol. The number of H-pyrrole nitrogens is 1. The van der Waals surface area contributed by atoms with E-state index in [2.05, 4.69) is 12.0 Å². The Labute approximate surface area is 182 Å². The van der Waals surface area contributed by atoms with Gasteiger partial charge in [0.2, 0.25) is 0 Å². The zero-order valence-electron chi connectivity index (χ0n) is 19.0. The molecule has 0 aliphatic carbocycles. The number of rotatable bonds is 16. The third-order valence-electron chi connectivity index (χ3n) is 5.87. The van der Waals surface area contributed by atoms with Gasteiger partial charge in [-0.1, -0.05) is 102 Å². The van der Waals surface area contributed by atoms with Crippen molar-refractivity contribution in [2.24, 2.45) is 0 Å². The number of nitrogens with one attached hydrogen (secondary N) is 1. The van der Waals surface area contributed by atoms with Crippen LogP contribution < -0.4 is 5.56 Å². The maximum absolute atomic E-state index is 12.7. The summed E-state index contributed by atoms with van der Waals surface area (Å²) in [5, 5.41) is 3.04. The van der Waals surface area contributed by atoms with E-state index in [1.807, 2.05) is 30.3 Å². The Morgan fingerprint density at radius 2 is 1.30 bits per heavy atom. The molecule has 2 rings (SSSR count). The van der Waals surface area contributed by atoms with Crippen LogP contribution in [0.15, 0.2) is 35.1 Å². The largest absolute Gasteiger partial charge is 0.295 e. The Morgan fingerprint density at radius 3 is 1.83 bits per heavy atom. The van der Waals surface area contributed by atoms with Gasteiger partial charge in [0.15, 0.2) is 5.78 Å². The van der Waals surface area contributed by atoms with Crippen molar-refractivity contribution in [1.29, 1.82) is 0 Å². The van der Waals surface area contributed by atoms with E-state index in [0.29, 0.717) is 17.7 Å². The number of carbonyl (C=O) groups is 1. The number of ketones is 1. The van der Waals surface area contributed by atoms with Crippen molar-refractivity contribution < 1.29 is 4.79 Å². The van der Waals surface area contributed by atoms with Gasteiger partial charge in [-0.15, -0.1) is 0 Å². The van der Waals surface area contributed by atoms with Gasteiger partial charge in [0.1, 0.15) is 5.56 Å². The molecule has 4 heteroatoms. The monoisotopic (exact) mass is 412 g/mol. The van der Waals surface area contributed by atoms with Crippen LogP contribution in [0.1, 0.15) is 113 Å². The molecule has 0 aliphatic heterocycles. The molecular formula is C26H40N2O2. The van der Waals surface area contributed by atoms with Crippen LogP contribution in [-0.4, -0.2) is 15.6 Å². The summed E-state index contributed by atoms with van der Waals surface area (Å²) in [5.41, 5.74) is 1.49. The van der Waals surface area contributed by atoms with E-state index in [9.17, 15) is 9.59 Å². The summed E-state index contributed by atoms with van der Waals surface area (Å²) in [6, 6.07) is 9.39. The van der Waals surface area contributed by atoms with E-state index in [0.717, 1.165) is 18.5 Å². The summed E-state index contributed by atoms with van der Waals surface area (Å²) < 4.78 is 1.46. The van der Waals surface area contributed by atoms with Gasteiger partial charge >= 0.3 is 0 Å². The highest BCUT2D eigenvalue weighted by atomic mass is 16.2. The lowest BCUT2D eigenvalue weighted by molar-refractivity contribution is 0.0977. The topological polar surface area (TPSA) is 54.9 Å². The van der Waals surface area contributed by atoms with E-state index in [1.54, 1.807) is 6.92 Å². The van der Waals surface area contributed by atoms with Crippen LogP contribution >= 0.6 is 0 Å². The van der Waals surface area contributed by atoms with Crippen LogP contribution in [0.25, 0.3) is 5.69 Å². The maximum atomic E-state index is 12.7. The maximum Gasteiger partial charge on any atom is 0.282 e.